The predicted molar refractivity (Wildman–Crippen MR) is 83.3 cm³/mol. The highest BCUT2D eigenvalue weighted by atomic mass is 16.5. The van der Waals surface area contributed by atoms with Crippen LogP contribution < -0.4 is 15.2 Å². The summed E-state index contributed by atoms with van der Waals surface area (Å²) in [6.07, 6.45) is 1.46. The van der Waals surface area contributed by atoms with Gasteiger partial charge in [0.25, 0.3) is 0 Å². The molecular weight excluding hydrogens is 298 g/mol. The van der Waals surface area contributed by atoms with Crippen molar-refractivity contribution in [3.8, 4) is 11.5 Å². The van der Waals surface area contributed by atoms with Crippen LogP contribution in [0.2, 0.25) is 0 Å². The van der Waals surface area contributed by atoms with Crippen molar-refractivity contribution in [2.24, 2.45) is 5.73 Å². The smallest absolute Gasteiger partial charge is 0.315 e. The van der Waals surface area contributed by atoms with Crippen molar-refractivity contribution in [3.63, 3.8) is 0 Å². The van der Waals surface area contributed by atoms with E-state index in [2.05, 4.69) is 0 Å². The van der Waals surface area contributed by atoms with Crippen LogP contribution in [-0.4, -0.2) is 60.6 Å². The quantitative estimate of drug-likeness (QED) is 0.890. The highest BCUT2D eigenvalue weighted by Gasteiger charge is 2.40. The topological polar surface area (TPSA) is 85.1 Å². The van der Waals surface area contributed by atoms with Crippen molar-refractivity contribution in [2.75, 3.05) is 26.7 Å². The van der Waals surface area contributed by atoms with Gasteiger partial charge in [-0.05, 0) is 25.0 Å². The third kappa shape index (κ3) is 3.18. The molecule has 0 spiro atoms. The number of benzene rings is 1. The Bertz CT molecular complexity index is 601. The number of ether oxygens (including phenoxy) is 2. The molecule has 0 saturated carbocycles. The van der Waals surface area contributed by atoms with Gasteiger partial charge in [-0.1, -0.05) is 6.07 Å². The number of nitrogens with zero attached hydrogens (tertiary/aromatic N) is 2. The number of urea groups is 1. The van der Waals surface area contributed by atoms with Crippen molar-refractivity contribution in [3.05, 3.63) is 24.3 Å². The van der Waals surface area contributed by atoms with Gasteiger partial charge in [-0.2, -0.15) is 0 Å². The number of methoxy groups -OCH3 is 1. The molecule has 0 aromatic heterocycles. The molecule has 2 aliphatic heterocycles. The molecule has 1 aromatic rings. The van der Waals surface area contributed by atoms with Gasteiger partial charge in [-0.3, -0.25) is 4.79 Å². The maximum atomic E-state index is 12.4. The summed E-state index contributed by atoms with van der Waals surface area (Å²) in [6.45, 7) is 1.61. The molecule has 3 rings (SSSR count). The zero-order valence-corrected chi connectivity index (χ0v) is 13.1. The zero-order valence-electron chi connectivity index (χ0n) is 13.1. The Morgan fingerprint density at radius 2 is 2.00 bits per heavy atom. The van der Waals surface area contributed by atoms with Crippen LogP contribution in [0.3, 0.4) is 0 Å². The summed E-state index contributed by atoms with van der Waals surface area (Å²) in [5.74, 6) is 1.42. The number of nitrogens with two attached hydrogens (primary N) is 1. The van der Waals surface area contributed by atoms with Crippen molar-refractivity contribution >= 4 is 11.9 Å². The summed E-state index contributed by atoms with van der Waals surface area (Å²) in [6, 6.07) is 6.45. The Morgan fingerprint density at radius 3 is 2.70 bits per heavy atom. The molecule has 7 heteroatoms. The number of likely N-dealkylation sites (tertiary alicyclic amines) is 2. The molecule has 2 fully saturated rings. The summed E-state index contributed by atoms with van der Waals surface area (Å²) in [5.41, 5.74) is 5.32. The molecule has 0 bridgehead atoms. The number of hydrogen-bond acceptors (Lipinski definition) is 4. The van der Waals surface area contributed by atoms with Crippen LogP contribution in [0.4, 0.5) is 4.79 Å². The third-order valence-electron chi connectivity index (χ3n) is 4.32. The van der Waals surface area contributed by atoms with E-state index in [9.17, 15) is 9.59 Å². The standard InChI is InChI=1S/C16H21N3O4/c1-22-11-4-2-5-12(8-11)23-13-9-18(10-13)15(20)14-6-3-7-19(14)16(17)21/h2,4-5,8,13-14H,3,6-7,9-10H2,1H3,(H2,17,21)/t14-/m1/s1. The second-order valence-electron chi connectivity index (χ2n) is 5.85. The predicted octanol–water partition coefficient (Wildman–Crippen LogP) is 0.828. The first-order valence-electron chi connectivity index (χ1n) is 7.74. The molecule has 23 heavy (non-hydrogen) atoms. The van der Waals surface area contributed by atoms with Gasteiger partial charge in [0.05, 0.1) is 20.2 Å². The van der Waals surface area contributed by atoms with E-state index in [1.807, 2.05) is 24.3 Å². The van der Waals surface area contributed by atoms with Gasteiger partial charge in [0.2, 0.25) is 5.91 Å². The molecule has 0 unspecified atom stereocenters. The SMILES string of the molecule is COc1cccc(OC2CN(C(=O)[C@H]3CCCN3C(N)=O)C2)c1. The van der Waals surface area contributed by atoms with E-state index in [4.69, 9.17) is 15.2 Å². The summed E-state index contributed by atoms with van der Waals surface area (Å²) < 4.78 is 11.0. The number of rotatable bonds is 4. The average Bonchev–Trinajstić information content (AvgIpc) is 3.00. The normalized spacial score (nSPS) is 21.0. The van der Waals surface area contributed by atoms with Crippen LogP contribution in [0.15, 0.2) is 24.3 Å². The fraction of sp³-hybridized carbons (Fsp3) is 0.500. The molecule has 1 atom stereocenters. The van der Waals surface area contributed by atoms with Gasteiger partial charge in [0, 0.05) is 12.6 Å². The highest BCUT2D eigenvalue weighted by molar-refractivity contribution is 5.87. The summed E-state index contributed by atoms with van der Waals surface area (Å²) >= 11 is 0. The summed E-state index contributed by atoms with van der Waals surface area (Å²) in [7, 11) is 1.61. The maximum Gasteiger partial charge on any atom is 0.315 e. The molecule has 2 saturated heterocycles. The van der Waals surface area contributed by atoms with Crippen LogP contribution in [0, 0.1) is 0 Å². The molecular formula is C16H21N3O4. The third-order valence-corrected chi connectivity index (χ3v) is 4.32. The van der Waals surface area contributed by atoms with Crippen LogP contribution in [0.1, 0.15) is 12.8 Å². The van der Waals surface area contributed by atoms with E-state index in [-0.39, 0.29) is 12.0 Å². The lowest BCUT2D eigenvalue weighted by molar-refractivity contribution is -0.144. The lowest BCUT2D eigenvalue weighted by Crippen LogP contribution is -2.60. The number of amides is 3. The van der Waals surface area contributed by atoms with Gasteiger partial charge in [0.15, 0.2) is 0 Å². The van der Waals surface area contributed by atoms with Crippen molar-refractivity contribution in [1.82, 2.24) is 9.80 Å². The number of primary amides is 1. The minimum absolute atomic E-state index is 0.0329. The molecule has 7 nitrogen and oxygen atoms in total. The van der Waals surface area contributed by atoms with E-state index in [1.54, 1.807) is 12.0 Å². The van der Waals surface area contributed by atoms with E-state index in [0.717, 1.165) is 17.9 Å². The zero-order chi connectivity index (χ0) is 16.4. The van der Waals surface area contributed by atoms with E-state index >= 15 is 0 Å². The Kier molecular flexibility index (Phi) is 4.27. The Morgan fingerprint density at radius 1 is 1.26 bits per heavy atom. The lowest BCUT2D eigenvalue weighted by Gasteiger charge is -2.41. The number of carbonyl (C=O) groups excluding carboxylic acids is 2. The van der Waals surface area contributed by atoms with Gasteiger partial charge in [0.1, 0.15) is 23.6 Å². The summed E-state index contributed by atoms with van der Waals surface area (Å²) in [5, 5.41) is 0. The second kappa shape index (κ2) is 6.36. The minimum atomic E-state index is -0.523. The fourth-order valence-corrected chi connectivity index (χ4v) is 3.06. The molecule has 1 aromatic carbocycles. The Labute approximate surface area is 134 Å². The monoisotopic (exact) mass is 319 g/mol. The van der Waals surface area contributed by atoms with E-state index in [1.165, 1.54) is 4.90 Å². The van der Waals surface area contributed by atoms with Crippen molar-refractivity contribution in [2.45, 2.75) is 25.0 Å². The molecule has 0 radical (unpaired) electrons. The number of hydrogen-bond donors (Lipinski definition) is 1. The van der Waals surface area contributed by atoms with Gasteiger partial charge in [-0.15, -0.1) is 0 Å². The summed E-state index contributed by atoms with van der Waals surface area (Å²) in [4.78, 5) is 27.0. The van der Waals surface area contributed by atoms with Gasteiger partial charge < -0.3 is 25.0 Å². The Hall–Kier alpha value is -2.44. The fourth-order valence-electron chi connectivity index (χ4n) is 3.06. The van der Waals surface area contributed by atoms with Crippen LogP contribution in [0.5, 0.6) is 11.5 Å². The molecule has 2 aliphatic rings. The molecule has 3 amide bonds. The van der Waals surface area contributed by atoms with Gasteiger partial charge >= 0.3 is 6.03 Å². The van der Waals surface area contributed by atoms with E-state index < -0.39 is 12.1 Å². The van der Waals surface area contributed by atoms with Crippen LogP contribution >= 0.6 is 0 Å². The first-order chi connectivity index (χ1) is 11.1. The molecule has 2 N–H and O–H groups in total. The highest BCUT2D eigenvalue weighted by Crippen LogP contribution is 2.25. The minimum Gasteiger partial charge on any atom is -0.497 e. The second-order valence-corrected chi connectivity index (χ2v) is 5.85. The first kappa shape index (κ1) is 15.5. The van der Waals surface area contributed by atoms with Crippen LogP contribution in [-0.2, 0) is 4.79 Å². The largest absolute Gasteiger partial charge is 0.497 e. The lowest BCUT2D eigenvalue weighted by atomic mass is 10.1. The first-order valence-corrected chi connectivity index (χ1v) is 7.74. The van der Waals surface area contributed by atoms with Crippen molar-refractivity contribution in [1.29, 1.82) is 0 Å². The van der Waals surface area contributed by atoms with Gasteiger partial charge in [-0.25, -0.2) is 4.79 Å². The molecule has 0 aliphatic carbocycles. The Balaban J connectivity index is 1.52. The molecule has 2 heterocycles. The van der Waals surface area contributed by atoms with Crippen molar-refractivity contribution < 1.29 is 19.1 Å². The maximum absolute atomic E-state index is 12.4. The molecule has 124 valence electrons. The average molecular weight is 319 g/mol. The van der Waals surface area contributed by atoms with Crippen LogP contribution in [0.25, 0.3) is 0 Å². The number of carbonyl (C=O) groups is 2. The van der Waals surface area contributed by atoms with E-state index in [0.29, 0.717) is 26.1 Å².